The van der Waals surface area contributed by atoms with Gasteiger partial charge in [-0.3, -0.25) is 4.68 Å². The monoisotopic (exact) mass is 357 g/mol. The minimum absolute atomic E-state index is 0.304. The van der Waals surface area contributed by atoms with Gasteiger partial charge in [0, 0.05) is 24.3 Å². The van der Waals surface area contributed by atoms with Gasteiger partial charge in [0.15, 0.2) is 0 Å². The summed E-state index contributed by atoms with van der Waals surface area (Å²) >= 11 is 3.29. The highest BCUT2D eigenvalue weighted by Gasteiger charge is 2.16. The van der Waals surface area contributed by atoms with Gasteiger partial charge in [0.1, 0.15) is 0 Å². The van der Waals surface area contributed by atoms with Gasteiger partial charge in [-0.2, -0.15) is 5.10 Å². The van der Waals surface area contributed by atoms with Gasteiger partial charge in [-0.05, 0) is 36.6 Å². The lowest BCUT2D eigenvalue weighted by molar-refractivity contribution is 0.581. The second-order valence-corrected chi connectivity index (χ2v) is 7.23. The molecular formula is C13H16BrN3O2S. The van der Waals surface area contributed by atoms with Gasteiger partial charge in [-0.15, -0.1) is 0 Å². The van der Waals surface area contributed by atoms with E-state index in [4.69, 9.17) is 0 Å². The Morgan fingerprint density at radius 2 is 2.15 bits per heavy atom. The number of rotatable bonds is 5. The van der Waals surface area contributed by atoms with Crippen LogP contribution in [0.4, 0.5) is 0 Å². The van der Waals surface area contributed by atoms with Crippen LogP contribution < -0.4 is 4.72 Å². The number of halogens is 1. The van der Waals surface area contributed by atoms with Crippen molar-refractivity contribution in [3.8, 4) is 0 Å². The Morgan fingerprint density at radius 1 is 1.40 bits per heavy atom. The number of aromatic nitrogens is 2. The van der Waals surface area contributed by atoms with Gasteiger partial charge in [0.25, 0.3) is 0 Å². The molecule has 1 heterocycles. The molecule has 20 heavy (non-hydrogen) atoms. The molecule has 0 fully saturated rings. The zero-order valence-electron chi connectivity index (χ0n) is 11.3. The third-order valence-electron chi connectivity index (χ3n) is 2.90. The van der Waals surface area contributed by atoms with Crippen molar-refractivity contribution in [3.63, 3.8) is 0 Å². The molecule has 0 saturated heterocycles. The van der Waals surface area contributed by atoms with Gasteiger partial charge in [0.2, 0.25) is 10.0 Å². The van der Waals surface area contributed by atoms with E-state index in [0.29, 0.717) is 17.9 Å². The fraction of sp³-hybridized carbons (Fsp3) is 0.308. The van der Waals surface area contributed by atoms with E-state index in [1.54, 1.807) is 29.9 Å². The SMILES string of the molecule is Cc1ccc(Br)cc1S(=O)(=O)NCCc1cnn(C)c1. The predicted molar refractivity (Wildman–Crippen MR) is 81.0 cm³/mol. The first kappa shape index (κ1) is 15.2. The summed E-state index contributed by atoms with van der Waals surface area (Å²) < 4.78 is 29.6. The zero-order valence-corrected chi connectivity index (χ0v) is 13.7. The second-order valence-electron chi connectivity index (χ2n) is 4.58. The zero-order chi connectivity index (χ0) is 14.8. The number of hydrogen-bond donors (Lipinski definition) is 1. The van der Waals surface area contributed by atoms with Gasteiger partial charge >= 0.3 is 0 Å². The van der Waals surface area contributed by atoms with Crippen molar-refractivity contribution in [2.24, 2.45) is 7.05 Å². The quantitative estimate of drug-likeness (QED) is 0.889. The van der Waals surface area contributed by atoms with Crippen molar-refractivity contribution in [1.29, 1.82) is 0 Å². The van der Waals surface area contributed by atoms with Crippen molar-refractivity contribution < 1.29 is 8.42 Å². The number of nitrogens with one attached hydrogen (secondary N) is 1. The van der Waals surface area contributed by atoms with Crippen molar-refractivity contribution in [2.75, 3.05) is 6.54 Å². The van der Waals surface area contributed by atoms with Crippen LogP contribution in [-0.2, 0) is 23.5 Å². The number of benzene rings is 1. The third-order valence-corrected chi connectivity index (χ3v) is 5.00. The molecule has 1 aromatic heterocycles. The van der Waals surface area contributed by atoms with Crippen LogP contribution in [0.5, 0.6) is 0 Å². The van der Waals surface area contributed by atoms with Crippen LogP contribution in [0.25, 0.3) is 0 Å². The molecule has 7 heteroatoms. The summed E-state index contributed by atoms with van der Waals surface area (Å²) in [5, 5.41) is 4.05. The van der Waals surface area contributed by atoms with Crippen LogP contribution in [0.1, 0.15) is 11.1 Å². The van der Waals surface area contributed by atoms with Gasteiger partial charge in [0.05, 0.1) is 11.1 Å². The first-order valence-electron chi connectivity index (χ1n) is 6.12. The topological polar surface area (TPSA) is 64.0 Å². The van der Waals surface area contributed by atoms with Crippen molar-refractivity contribution >= 4 is 26.0 Å². The maximum absolute atomic E-state index is 12.2. The van der Waals surface area contributed by atoms with Gasteiger partial charge < -0.3 is 0 Å². The Bertz CT molecular complexity index is 710. The minimum atomic E-state index is -3.48. The summed E-state index contributed by atoms with van der Waals surface area (Å²) in [5.74, 6) is 0. The summed E-state index contributed by atoms with van der Waals surface area (Å²) in [5.41, 5.74) is 1.73. The summed E-state index contributed by atoms with van der Waals surface area (Å²) in [4.78, 5) is 0.304. The Hall–Kier alpha value is -1.18. The molecular weight excluding hydrogens is 342 g/mol. The molecule has 108 valence electrons. The summed E-state index contributed by atoms with van der Waals surface area (Å²) in [6, 6.07) is 5.21. The number of hydrogen-bond acceptors (Lipinski definition) is 3. The van der Waals surface area contributed by atoms with E-state index in [1.807, 2.05) is 19.3 Å². The lowest BCUT2D eigenvalue weighted by atomic mass is 10.2. The standard InChI is InChI=1S/C13H16BrN3O2S/c1-10-3-4-12(14)7-13(10)20(18,19)16-6-5-11-8-15-17(2)9-11/h3-4,7-9,16H,5-6H2,1-2H3. The Labute approximate surface area is 127 Å². The van der Waals surface area contributed by atoms with Crippen molar-refractivity contribution in [1.82, 2.24) is 14.5 Å². The van der Waals surface area contributed by atoms with E-state index < -0.39 is 10.0 Å². The molecule has 2 rings (SSSR count). The number of nitrogens with zero attached hydrogens (tertiary/aromatic N) is 2. The second kappa shape index (κ2) is 6.07. The number of sulfonamides is 1. The molecule has 0 spiro atoms. The van der Waals surface area contributed by atoms with E-state index in [-0.39, 0.29) is 0 Å². The molecule has 0 radical (unpaired) electrons. The average Bonchev–Trinajstić information content (AvgIpc) is 2.78. The molecule has 0 saturated carbocycles. The van der Waals surface area contributed by atoms with Crippen molar-refractivity contribution in [2.45, 2.75) is 18.2 Å². The van der Waals surface area contributed by atoms with E-state index in [1.165, 1.54) is 0 Å². The normalized spacial score (nSPS) is 11.8. The minimum Gasteiger partial charge on any atom is -0.276 e. The summed E-state index contributed by atoms with van der Waals surface area (Å²) in [6.45, 7) is 2.13. The lowest BCUT2D eigenvalue weighted by Crippen LogP contribution is -2.26. The maximum atomic E-state index is 12.2. The Balaban J connectivity index is 2.06. The molecule has 1 aromatic carbocycles. The van der Waals surface area contributed by atoms with Crippen molar-refractivity contribution in [3.05, 3.63) is 46.2 Å². The molecule has 1 N–H and O–H groups in total. The molecule has 0 atom stereocenters. The molecule has 5 nitrogen and oxygen atoms in total. The highest BCUT2D eigenvalue weighted by Crippen LogP contribution is 2.20. The van der Waals surface area contributed by atoms with E-state index in [9.17, 15) is 8.42 Å². The molecule has 2 aromatic rings. The largest absolute Gasteiger partial charge is 0.276 e. The Kier molecular flexibility index (Phi) is 4.62. The molecule has 0 aliphatic heterocycles. The number of aryl methyl sites for hydroxylation is 2. The van der Waals surface area contributed by atoms with Crippen LogP contribution >= 0.6 is 15.9 Å². The highest BCUT2D eigenvalue weighted by atomic mass is 79.9. The van der Waals surface area contributed by atoms with E-state index >= 15 is 0 Å². The van der Waals surface area contributed by atoms with Crippen LogP contribution in [0.15, 0.2) is 40.0 Å². The molecule has 0 aliphatic rings. The van der Waals surface area contributed by atoms with E-state index in [0.717, 1.165) is 15.6 Å². The average molecular weight is 358 g/mol. The van der Waals surface area contributed by atoms with Crippen LogP contribution in [-0.4, -0.2) is 24.7 Å². The van der Waals surface area contributed by atoms with Gasteiger partial charge in [-0.25, -0.2) is 13.1 Å². The van der Waals surface area contributed by atoms with Crippen LogP contribution in [0, 0.1) is 6.92 Å². The first-order valence-corrected chi connectivity index (χ1v) is 8.39. The van der Waals surface area contributed by atoms with Crippen LogP contribution in [0.2, 0.25) is 0 Å². The Morgan fingerprint density at radius 3 is 2.80 bits per heavy atom. The summed E-state index contributed by atoms with van der Waals surface area (Å²) in [7, 11) is -1.65. The first-order chi connectivity index (χ1) is 9.38. The van der Waals surface area contributed by atoms with Gasteiger partial charge in [-0.1, -0.05) is 22.0 Å². The van der Waals surface area contributed by atoms with Crippen LogP contribution in [0.3, 0.4) is 0 Å². The third kappa shape index (κ3) is 3.68. The molecule has 0 unspecified atom stereocenters. The highest BCUT2D eigenvalue weighted by molar-refractivity contribution is 9.10. The predicted octanol–water partition coefficient (Wildman–Crippen LogP) is 2.01. The molecule has 0 bridgehead atoms. The lowest BCUT2D eigenvalue weighted by Gasteiger charge is -2.09. The molecule has 0 aliphatic carbocycles. The maximum Gasteiger partial charge on any atom is 0.240 e. The molecule has 0 amide bonds. The van der Waals surface area contributed by atoms with E-state index in [2.05, 4.69) is 25.8 Å². The summed E-state index contributed by atoms with van der Waals surface area (Å²) in [6.07, 6.45) is 4.22. The smallest absolute Gasteiger partial charge is 0.240 e. The fourth-order valence-corrected chi connectivity index (χ4v) is 3.68. The fourth-order valence-electron chi connectivity index (χ4n) is 1.87.